The molecule has 0 aromatic heterocycles. The van der Waals surface area contributed by atoms with Gasteiger partial charge in [-0.1, -0.05) is 79.7 Å². The maximum absolute atomic E-state index is 12.6. The lowest BCUT2D eigenvalue weighted by Crippen LogP contribution is -2.71. The number of likely N-dealkylation sites (N-methyl/N-ethyl adjacent to an activating group) is 1. The summed E-state index contributed by atoms with van der Waals surface area (Å²) in [5.41, 5.74) is -7.49. The summed E-state index contributed by atoms with van der Waals surface area (Å²) in [6, 6.07) is 21.0. The number of hydrogen-bond acceptors (Lipinski definition) is 11. The van der Waals surface area contributed by atoms with E-state index >= 15 is 0 Å². The topological polar surface area (TPSA) is 208 Å². The molecule has 1 saturated heterocycles. The molecule has 3 aromatic carbocycles. The zero-order valence-corrected chi connectivity index (χ0v) is 29.9. The Morgan fingerprint density at radius 3 is 1.61 bits per heavy atom. The standard InChI is InChI=1S/C19H32N2O3S.C18H14O8/c1-5-21(15(2)14-16-6-8-18(24-3)9-7-16)19(25(4,22)23)17-10-12-20-13-11-17;19-13(11-7-3-1-4-8-11)17(25,15(21)22)18(26,16(23)24)14(20)12-9-5-2-6-10-12/h6-9,15,17,19-20H,5,10-14H2,1-4H3;1-10,25-26H,(H,21,22)(H,23,24). The van der Waals surface area contributed by atoms with Crippen molar-refractivity contribution in [1.29, 1.82) is 0 Å². The Labute approximate surface area is 297 Å². The first-order valence-corrected chi connectivity index (χ1v) is 18.4. The highest BCUT2D eigenvalue weighted by molar-refractivity contribution is 7.91. The minimum atomic E-state index is -3.95. The number of ether oxygens (including phenoxy) is 1. The van der Waals surface area contributed by atoms with E-state index in [0.29, 0.717) is 0 Å². The number of carboxylic acids is 2. The molecule has 13 nitrogen and oxygen atoms in total. The summed E-state index contributed by atoms with van der Waals surface area (Å²) >= 11 is 0. The fraction of sp³-hybridized carbons (Fsp3) is 0.405. The molecule has 0 aliphatic carbocycles. The Bertz CT molecular complexity index is 1670. The van der Waals surface area contributed by atoms with Gasteiger partial charge in [0.2, 0.25) is 11.6 Å². The molecule has 1 fully saturated rings. The lowest BCUT2D eigenvalue weighted by atomic mass is 9.73. The third-order valence-corrected chi connectivity index (χ3v) is 10.6. The fourth-order valence-corrected chi connectivity index (χ4v) is 8.21. The second-order valence-corrected chi connectivity index (χ2v) is 14.6. The molecule has 1 heterocycles. The molecule has 4 unspecified atom stereocenters. The van der Waals surface area contributed by atoms with E-state index < -0.39 is 61.0 Å². The number of benzene rings is 3. The van der Waals surface area contributed by atoms with Crippen LogP contribution in [0, 0.1) is 5.92 Å². The van der Waals surface area contributed by atoms with Gasteiger partial charge in [-0.3, -0.25) is 14.5 Å². The number of piperidine rings is 1. The minimum absolute atomic E-state index is 0.160. The van der Waals surface area contributed by atoms with E-state index in [4.69, 9.17) is 4.74 Å². The Balaban J connectivity index is 0.000000276. The van der Waals surface area contributed by atoms with Crippen molar-refractivity contribution in [3.63, 3.8) is 0 Å². The molecular formula is C37H46N2O11S. The van der Waals surface area contributed by atoms with Crippen molar-refractivity contribution >= 4 is 33.3 Å². The summed E-state index contributed by atoms with van der Waals surface area (Å²) in [5.74, 6) is -6.98. The second-order valence-electron chi connectivity index (χ2n) is 12.5. The van der Waals surface area contributed by atoms with Gasteiger partial charge in [-0.2, -0.15) is 0 Å². The van der Waals surface area contributed by atoms with Crippen LogP contribution in [0.15, 0.2) is 84.9 Å². The van der Waals surface area contributed by atoms with Gasteiger partial charge in [0.15, 0.2) is 9.84 Å². The lowest BCUT2D eigenvalue weighted by Gasteiger charge is -2.40. The molecule has 0 saturated carbocycles. The van der Waals surface area contributed by atoms with Gasteiger partial charge in [0.05, 0.1) is 7.11 Å². The van der Waals surface area contributed by atoms with E-state index in [1.807, 2.05) is 12.1 Å². The highest BCUT2D eigenvalue weighted by Crippen LogP contribution is 2.32. The fourth-order valence-electron chi connectivity index (χ4n) is 6.39. The number of methoxy groups -OCH3 is 1. The third-order valence-electron chi connectivity index (χ3n) is 9.05. The van der Waals surface area contributed by atoms with Crippen molar-refractivity contribution in [1.82, 2.24) is 10.2 Å². The number of hydrogen-bond donors (Lipinski definition) is 5. The molecule has 4 rings (SSSR count). The van der Waals surface area contributed by atoms with Crippen LogP contribution < -0.4 is 10.1 Å². The number of aliphatic carboxylic acids is 2. The van der Waals surface area contributed by atoms with Crippen molar-refractivity contribution in [2.24, 2.45) is 5.92 Å². The molecule has 276 valence electrons. The maximum Gasteiger partial charge on any atom is 0.348 e. The molecule has 51 heavy (non-hydrogen) atoms. The summed E-state index contributed by atoms with van der Waals surface area (Å²) in [5, 5.41) is 42.8. The average Bonchev–Trinajstić information content (AvgIpc) is 3.13. The van der Waals surface area contributed by atoms with E-state index in [1.54, 1.807) is 7.11 Å². The van der Waals surface area contributed by atoms with Crippen LogP contribution >= 0.6 is 0 Å². The number of carbonyl (C=O) groups is 4. The Kier molecular flexibility index (Phi) is 14.2. The van der Waals surface area contributed by atoms with Gasteiger partial charge in [-0.15, -0.1) is 0 Å². The number of rotatable bonds is 15. The number of sulfone groups is 1. The predicted octanol–water partition coefficient (Wildman–Crippen LogP) is 2.70. The molecule has 0 spiro atoms. The molecule has 0 amide bonds. The van der Waals surface area contributed by atoms with Crippen molar-refractivity contribution in [2.45, 2.75) is 55.7 Å². The molecule has 14 heteroatoms. The summed E-state index contributed by atoms with van der Waals surface area (Å²) in [6.45, 7) is 6.73. The van der Waals surface area contributed by atoms with Crippen LogP contribution in [0.4, 0.5) is 0 Å². The molecule has 5 N–H and O–H groups in total. The maximum atomic E-state index is 12.6. The summed E-state index contributed by atoms with van der Waals surface area (Å²) in [6.07, 6.45) is 4.06. The van der Waals surface area contributed by atoms with Gasteiger partial charge < -0.3 is 30.5 Å². The first kappa shape index (κ1) is 41.0. The normalized spacial score (nSPS) is 17.1. The van der Waals surface area contributed by atoms with Crippen LogP contribution in [0.25, 0.3) is 0 Å². The monoisotopic (exact) mass is 726 g/mol. The number of aliphatic hydroxyl groups is 2. The largest absolute Gasteiger partial charge is 0.497 e. The summed E-state index contributed by atoms with van der Waals surface area (Å²) in [7, 11) is -1.49. The molecule has 0 bridgehead atoms. The van der Waals surface area contributed by atoms with E-state index in [0.717, 1.165) is 68.9 Å². The second kappa shape index (κ2) is 17.6. The first-order chi connectivity index (χ1) is 24.0. The van der Waals surface area contributed by atoms with Gasteiger partial charge in [0, 0.05) is 23.4 Å². The minimum Gasteiger partial charge on any atom is -0.497 e. The molecule has 1 aliphatic rings. The van der Waals surface area contributed by atoms with Crippen molar-refractivity contribution in [3.05, 3.63) is 102 Å². The quantitative estimate of drug-likeness (QED) is 0.113. The molecule has 1 aliphatic heterocycles. The van der Waals surface area contributed by atoms with E-state index in [2.05, 4.69) is 36.2 Å². The van der Waals surface area contributed by atoms with E-state index in [1.165, 1.54) is 48.2 Å². The third kappa shape index (κ3) is 9.26. The van der Waals surface area contributed by atoms with Crippen LogP contribution in [-0.4, -0.2) is 113 Å². The number of ketones is 2. The Morgan fingerprint density at radius 2 is 1.25 bits per heavy atom. The molecule has 0 radical (unpaired) electrons. The van der Waals surface area contributed by atoms with Gasteiger partial charge in [0.1, 0.15) is 11.1 Å². The van der Waals surface area contributed by atoms with Gasteiger partial charge >= 0.3 is 11.9 Å². The SMILES string of the molecule is CCN(C(C)Cc1ccc(OC)cc1)C(C1CCNCC1)S(C)(=O)=O.O=C(O)C(O)(C(=O)c1ccccc1)C(O)(C(=O)O)C(=O)c1ccccc1. The molecular weight excluding hydrogens is 680 g/mol. The van der Waals surface area contributed by atoms with Crippen LogP contribution in [0.5, 0.6) is 5.75 Å². The Morgan fingerprint density at radius 1 is 0.824 bits per heavy atom. The van der Waals surface area contributed by atoms with Gasteiger partial charge in [-0.05, 0) is 69.4 Å². The van der Waals surface area contributed by atoms with E-state index in [9.17, 15) is 48.0 Å². The first-order valence-electron chi connectivity index (χ1n) is 16.4. The zero-order chi connectivity index (χ0) is 38.0. The number of carboxylic acid groups (broad SMARTS) is 2. The number of nitrogens with zero attached hydrogens (tertiary/aromatic N) is 1. The average molecular weight is 727 g/mol. The smallest absolute Gasteiger partial charge is 0.348 e. The van der Waals surface area contributed by atoms with Crippen LogP contribution in [0.3, 0.4) is 0 Å². The van der Waals surface area contributed by atoms with E-state index in [-0.39, 0.29) is 12.0 Å². The van der Waals surface area contributed by atoms with Gasteiger partial charge in [0.25, 0.3) is 11.2 Å². The Hall–Kier alpha value is -4.47. The van der Waals surface area contributed by atoms with Gasteiger partial charge in [-0.25, -0.2) is 18.0 Å². The molecule has 4 atom stereocenters. The number of carbonyl (C=O) groups excluding carboxylic acids is 2. The van der Waals surface area contributed by atoms with Crippen molar-refractivity contribution < 1.29 is 52.8 Å². The van der Waals surface area contributed by atoms with Crippen molar-refractivity contribution in [2.75, 3.05) is 33.0 Å². The lowest BCUT2D eigenvalue weighted by molar-refractivity contribution is -0.187. The number of nitrogens with one attached hydrogen (secondary N) is 1. The summed E-state index contributed by atoms with van der Waals surface area (Å²) in [4.78, 5) is 50.7. The zero-order valence-electron chi connectivity index (χ0n) is 29.1. The number of Topliss-reactive ketones (excluding diaryl/α,β-unsaturated/α-hetero) is 2. The molecule has 3 aromatic rings. The van der Waals surface area contributed by atoms with Crippen LogP contribution in [0.1, 0.15) is 53.0 Å². The van der Waals surface area contributed by atoms with Crippen LogP contribution in [-0.2, 0) is 25.8 Å². The van der Waals surface area contributed by atoms with Crippen LogP contribution in [0.2, 0.25) is 0 Å². The highest BCUT2D eigenvalue weighted by Gasteiger charge is 2.69. The van der Waals surface area contributed by atoms with Crippen molar-refractivity contribution in [3.8, 4) is 5.75 Å². The highest BCUT2D eigenvalue weighted by atomic mass is 32.2. The summed E-state index contributed by atoms with van der Waals surface area (Å²) < 4.78 is 30.4. The predicted molar refractivity (Wildman–Crippen MR) is 189 cm³/mol.